The minimum absolute atomic E-state index is 0.134. The summed E-state index contributed by atoms with van der Waals surface area (Å²) in [5, 5.41) is 14.0. The molecular formula is C16H17BrN2O2. The Morgan fingerprint density at radius 1 is 1.24 bits per heavy atom. The third-order valence-corrected chi connectivity index (χ3v) is 3.85. The van der Waals surface area contributed by atoms with Gasteiger partial charge in [0.05, 0.1) is 4.92 Å². The summed E-state index contributed by atoms with van der Waals surface area (Å²) in [6.07, 6.45) is 0.844. The summed E-state index contributed by atoms with van der Waals surface area (Å²) < 4.78 is 1.07. The van der Waals surface area contributed by atoms with Gasteiger partial charge in [-0.2, -0.15) is 0 Å². The molecule has 2 aromatic rings. The van der Waals surface area contributed by atoms with Crippen LogP contribution in [0.25, 0.3) is 0 Å². The molecular weight excluding hydrogens is 332 g/mol. The second-order valence-corrected chi connectivity index (χ2v) is 5.82. The zero-order valence-corrected chi connectivity index (χ0v) is 13.3. The van der Waals surface area contributed by atoms with Crippen LogP contribution in [0.2, 0.25) is 0 Å². The van der Waals surface area contributed by atoms with Crippen LogP contribution in [-0.2, 0) is 6.42 Å². The summed E-state index contributed by atoms with van der Waals surface area (Å²) in [6.45, 7) is 2.95. The van der Waals surface area contributed by atoms with Crippen molar-refractivity contribution in [3.63, 3.8) is 0 Å². The lowest BCUT2D eigenvalue weighted by molar-refractivity contribution is -0.384. The quantitative estimate of drug-likeness (QED) is 0.627. The molecule has 2 rings (SSSR count). The first kappa shape index (κ1) is 15.7. The van der Waals surface area contributed by atoms with Crippen molar-refractivity contribution in [2.24, 2.45) is 0 Å². The monoisotopic (exact) mass is 348 g/mol. The van der Waals surface area contributed by atoms with E-state index in [9.17, 15) is 10.1 Å². The highest BCUT2D eigenvalue weighted by molar-refractivity contribution is 9.10. The molecule has 0 heterocycles. The largest absolute Gasteiger partial charge is 0.310 e. The molecule has 0 spiro atoms. The first-order valence-electron chi connectivity index (χ1n) is 6.78. The lowest BCUT2D eigenvalue weighted by atomic mass is 10.1. The summed E-state index contributed by atoms with van der Waals surface area (Å²) in [5.74, 6) is 0. The van der Waals surface area contributed by atoms with Crippen molar-refractivity contribution in [2.45, 2.75) is 19.4 Å². The second kappa shape index (κ2) is 7.33. The van der Waals surface area contributed by atoms with E-state index in [1.807, 2.05) is 24.3 Å². The van der Waals surface area contributed by atoms with Crippen molar-refractivity contribution < 1.29 is 4.92 Å². The van der Waals surface area contributed by atoms with Gasteiger partial charge < -0.3 is 5.32 Å². The maximum Gasteiger partial charge on any atom is 0.269 e. The number of nitrogens with one attached hydrogen (secondary N) is 1. The van der Waals surface area contributed by atoms with E-state index >= 15 is 0 Å². The maximum absolute atomic E-state index is 10.6. The highest BCUT2D eigenvalue weighted by atomic mass is 79.9. The first-order chi connectivity index (χ1) is 10.1. The van der Waals surface area contributed by atoms with Gasteiger partial charge in [-0.25, -0.2) is 0 Å². The van der Waals surface area contributed by atoms with Gasteiger partial charge >= 0.3 is 0 Å². The third kappa shape index (κ3) is 4.65. The van der Waals surface area contributed by atoms with Gasteiger partial charge in [-0.1, -0.05) is 40.2 Å². The average Bonchev–Trinajstić information content (AvgIpc) is 2.47. The third-order valence-electron chi connectivity index (χ3n) is 3.36. The number of nitro groups is 1. The summed E-state index contributed by atoms with van der Waals surface area (Å²) in [4.78, 5) is 10.2. The lowest BCUT2D eigenvalue weighted by Crippen LogP contribution is -2.21. The summed E-state index contributed by atoms with van der Waals surface area (Å²) in [7, 11) is 0. The highest BCUT2D eigenvalue weighted by Gasteiger charge is 2.06. The van der Waals surface area contributed by atoms with Crippen LogP contribution in [0, 0.1) is 10.1 Å². The van der Waals surface area contributed by atoms with E-state index in [0.717, 1.165) is 23.0 Å². The summed E-state index contributed by atoms with van der Waals surface area (Å²) >= 11 is 3.47. The van der Waals surface area contributed by atoms with Crippen LogP contribution in [0.1, 0.15) is 24.1 Å². The molecule has 4 nitrogen and oxygen atoms in total. The molecule has 0 aliphatic heterocycles. The molecule has 0 aliphatic carbocycles. The fourth-order valence-corrected chi connectivity index (χ4v) is 2.53. The minimum Gasteiger partial charge on any atom is -0.310 e. The molecule has 0 aliphatic rings. The Hall–Kier alpha value is -1.72. The van der Waals surface area contributed by atoms with Gasteiger partial charge in [0, 0.05) is 22.6 Å². The van der Waals surface area contributed by atoms with Crippen molar-refractivity contribution in [3.8, 4) is 0 Å². The van der Waals surface area contributed by atoms with Gasteiger partial charge in [0.25, 0.3) is 5.69 Å². The molecule has 21 heavy (non-hydrogen) atoms. The average molecular weight is 349 g/mol. The van der Waals surface area contributed by atoms with Crippen molar-refractivity contribution in [2.75, 3.05) is 6.54 Å². The molecule has 5 heteroatoms. The van der Waals surface area contributed by atoms with Gasteiger partial charge in [0.1, 0.15) is 0 Å². The Kier molecular flexibility index (Phi) is 5.47. The molecule has 0 radical (unpaired) electrons. The Labute approximate surface area is 132 Å². The van der Waals surface area contributed by atoms with Gasteiger partial charge in [-0.05, 0) is 43.1 Å². The molecule has 2 aromatic carbocycles. The van der Waals surface area contributed by atoms with Crippen LogP contribution < -0.4 is 5.32 Å². The number of nitrogens with zero attached hydrogens (tertiary/aromatic N) is 1. The maximum atomic E-state index is 10.6. The van der Waals surface area contributed by atoms with Crippen LogP contribution in [0.3, 0.4) is 0 Å². The van der Waals surface area contributed by atoms with Gasteiger partial charge in [0.15, 0.2) is 0 Å². The fourth-order valence-electron chi connectivity index (χ4n) is 2.11. The van der Waals surface area contributed by atoms with Crippen molar-refractivity contribution in [3.05, 3.63) is 74.2 Å². The lowest BCUT2D eigenvalue weighted by Gasteiger charge is -2.14. The predicted octanol–water partition coefficient (Wildman–Crippen LogP) is 4.25. The first-order valence-corrected chi connectivity index (χ1v) is 7.58. The molecule has 0 fully saturated rings. The number of halogens is 1. The van der Waals surface area contributed by atoms with E-state index in [1.165, 1.54) is 5.56 Å². The molecule has 0 saturated heterocycles. The SMILES string of the molecule is C[C@H](NCCc1ccc([N+](=O)[O-])cc1)c1cccc(Br)c1. The molecule has 0 unspecified atom stereocenters. The Balaban J connectivity index is 1.85. The standard InChI is InChI=1S/C16H17BrN2O2/c1-12(14-3-2-4-15(17)11-14)18-10-9-13-5-7-16(8-6-13)19(20)21/h2-8,11-12,18H,9-10H2,1H3/t12-/m0/s1. The van der Waals surface area contributed by atoms with Gasteiger partial charge in [0.2, 0.25) is 0 Å². The minimum atomic E-state index is -0.378. The van der Waals surface area contributed by atoms with Crippen LogP contribution in [-0.4, -0.2) is 11.5 Å². The molecule has 0 amide bonds. The zero-order chi connectivity index (χ0) is 15.2. The molecule has 0 saturated carbocycles. The van der Waals surface area contributed by atoms with Crippen LogP contribution >= 0.6 is 15.9 Å². The van der Waals surface area contributed by atoms with E-state index in [0.29, 0.717) is 0 Å². The van der Waals surface area contributed by atoms with E-state index < -0.39 is 0 Å². The topological polar surface area (TPSA) is 55.2 Å². The molecule has 110 valence electrons. The molecule has 0 aromatic heterocycles. The second-order valence-electron chi connectivity index (χ2n) is 4.90. The Morgan fingerprint density at radius 3 is 2.57 bits per heavy atom. The molecule has 0 bridgehead atoms. The number of hydrogen-bond acceptors (Lipinski definition) is 3. The zero-order valence-electron chi connectivity index (χ0n) is 11.8. The van der Waals surface area contributed by atoms with Gasteiger partial charge in [-0.3, -0.25) is 10.1 Å². The predicted molar refractivity (Wildman–Crippen MR) is 87.4 cm³/mol. The fraction of sp³-hybridized carbons (Fsp3) is 0.250. The highest BCUT2D eigenvalue weighted by Crippen LogP contribution is 2.18. The number of hydrogen-bond donors (Lipinski definition) is 1. The number of benzene rings is 2. The van der Waals surface area contributed by atoms with E-state index in [1.54, 1.807) is 12.1 Å². The normalized spacial score (nSPS) is 12.1. The number of non-ortho nitro benzene ring substituents is 1. The van der Waals surface area contributed by atoms with Crippen molar-refractivity contribution in [1.82, 2.24) is 5.32 Å². The van der Waals surface area contributed by atoms with Crippen LogP contribution in [0.5, 0.6) is 0 Å². The number of rotatable bonds is 6. The Bertz CT molecular complexity index is 614. The Morgan fingerprint density at radius 2 is 1.95 bits per heavy atom. The van der Waals surface area contributed by atoms with Crippen LogP contribution in [0.15, 0.2) is 53.0 Å². The van der Waals surface area contributed by atoms with E-state index in [2.05, 4.69) is 40.3 Å². The van der Waals surface area contributed by atoms with Crippen molar-refractivity contribution in [1.29, 1.82) is 0 Å². The smallest absolute Gasteiger partial charge is 0.269 e. The van der Waals surface area contributed by atoms with Crippen molar-refractivity contribution >= 4 is 21.6 Å². The van der Waals surface area contributed by atoms with E-state index in [-0.39, 0.29) is 16.7 Å². The number of nitro benzene ring substituents is 1. The van der Waals surface area contributed by atoms with E-state index in [4.69, 9.17) is 0 Å². The molecule has 1 atom stereocenters. The molecule has 1 N–H and O–H groups in total. The van der Waals surface area contributed by atoms with Crippen LogP contribution in [0.4, 0.5) is 5.69 Å². The van der Waals surface area contributed by atoms with Gasteiger partial charge in [-0.15, -0.1) is 0 Å². The summed E-state index contributed by atoms with van der Waals surface area (Å²) in [6, 6.07) is 15.2. The summed E-state index contributed by atoms with van der Waals surface area (Å²) in [5.41, 5.74) is 2.46.